The average molecular weight is 226 g/mol. The van der Waals surface area contributed by atoms with Crippen molar-refractivity contribution in [1.82, 2.24) is 4.98 Å². The molecule has 0 aliphatic heterocycles. The van der Waals surface area contributed by atoms with Crippen LogP contribution in [0.25, 0.3) is 0 Å². The summed E-state index contributed by atoms with van der Waals surface area (Å²) in [4.78, 5) is 3.46. The van der Waals surface area contributed by atoms with Crippen LogP contribution < -0.4 is 4.74 Å². The molecule has 0 amide bonds. The van der Waals surface area contributed by atoms with Crippen molar-refractivity contribution in [3.63, 3.8) is 0 Å². The van der Waals surface area contributed by atoms with Crippen molar-refractivity contribution in [2.45, 2.75) is 6.18 Å². The maximum atomic E-state index is 12.5. The number of pyridine rings is 1. The van der Waals surface area contributed by atoms with Gasteiger partial charge in [-0.25, -0.2) is 4.98 Å². The molecule has 0 fully saturated rings. The van der Waals surface area contributed by atoms with E-state index in [-0.39, 0.29) is 5.56 Å². The largest absolute Gasteiger partial charge is 0.481 e. The first-order valence-corrected chi connectivity index (χ1v) is 4.00. The molecule has 6 heteroatoms. The summed E-state index contributed by atoms with van der Waals surface area (Å²) in [6.45, 7) is 0. The lowest BCUT2D eigenvalue weighted by atomic mass is 10.2. The SMILES string of the molecule is COc1ncc(C#CC#N)cc1C(F)(F)F. The Balaban J connectivity index is 3.28. The zero-order chi connectivity index (χ0) is 12.2. The van der Waals surface area contributed by atoms with Gasteiger partial charge in [-0.3, -0.25) is 0 Å². The quantitative estimate of drug-likeness (QED) is 0.688. The van der Waals surface area contributed by atoms with Crippen LogP contribution in [0.15, 0.2) is 12.3 Å². The maximum absolute atomic E-state index is 12.5. The van der Waals surface area contributed by atoms with Gasteiger partial charge in [0.1, 0.15) is 5.56 Å². The molecule has 3 nitrogen and oxygen atoms in total. The zero-order valence-electron chi connectivity index (χ0n) is 8.09. The van der Waals surface area contributed by atoms with Crippen molar-refractivity contribution in [3.05, 3.63) is 23.4 Å². The van der Waals surface area contributed by atoms with Gasteiger partial charge in [0.15, 0.2) is 6.07 Å². The molecule has 0 bridgehead atoms. The number of alkyl halides is 3. The molecule has 0 saturated heterocycles. The van der Waals surface area contributed by atoms with Crippen molar-refractivity contribution in [2.75, 3.05) is 7.11 Å². The third-order valence-corrected chi connectivity index (χ3v) is 1.61. The predicted octanol–water partition coefficient (Wildman–Crippen LogP) is 1.98. The molecule has 0 unspecified atom stereocenters. The van der Waals surface area contributed by atoms with E-state index in [9.17, 15) is 13.2 Å². The number of rotatable bonds is 1. The molecule has 0 atom stereocenters. The Labute approximate surface area is 89.5 Å². The summed E-state index contributed by atoms with van der Waals surface area (Å²) < 4.78 is 42.0. The fraction of sp³-hybridized carbons (Fsp3) is 0.200. The first-order chi connectivity index (χ1) is 7.49. The minimum Gasteiger partial charge on any atom is -0.481 e. The standard InChI is InChI=1S/C10H5F3N2O/c1-16-9-8(10(11,12)13)5-7(6-15-9)3-2-4-14/h5-6H,1H3. The second-order valence-electron chi connectivity index (χ2n) is 2.64. The van der Waals surface area contributed by atoms with Crippen LogP contribution in [-0.4, -0.2) is 12.1 Å². The second kappa shape index (κ2) is 4.54. The fourth-order valence-corrected chi connectivity index (χ4v) is 0.986. The highest BCUT2D eigenvalue weighted by Crippen LogP contribution is 2.35. The maximum Gasteiger partial charge on any atom is 0.421 e. The Bertz CT molecular complexity index is 492. The van der Waals surface area contributed by atoms with Crippen LogP contribution in [0.5, 0.6) is 5.88 Å². The Morgan fingerprint density at radius 1 is 1.44 bits per heavy atom. The van der Waals surface area contributed by atoms with Gasteiger partial charge in [0.25, 0.3) is 0 Å². The van der Waals surface area contributed by atoms with E-state index in [1.807, 2.05) is 5.92 Å². The van der Waals surface area contributed by atoms with Crippen LogP contribution in [0.1, 0.15) is 11.1 Å². The third-order valence-electron chi connectivity index (χ3n) is 1.61. The van der Waals surface area contributed by atoms with Gasteiger partial charge in [0.05, 0.1) is 7.11 Å². The molecule has 0 saturated carbocycles. The molecule has 1 aromatic rings. The Morgan fingerprint density at radius 2 is 2.12 bits per heavy atom. The molecule has 82 valence electrons. The van der Waals surface area contributed by atoms with E-state index >= 15 is 0 Å². The summed E-state index contributed by atoms with van der Waals surface area (Å²) in [6, 6.07) is 2.29. The zero-order valence-corrected chi connectivity index (χ0v) is 8.09. The first-order valence-electron chi connectivity index (χ1n) is 4.00. The van der Waals surface area contributed by atoms with Crippen molar-refractivity contribution in [1.29, 1.82) is 5.26 Å². The van der Waals surface area contributed by atoms with Crippen LogP contribution >= 0.6 is 0 Å². The first kappa shape index (κ1) is 11.9. The molecule has 0 aliphatic rings. The van der Waals surface area contributed by atoms with Crippen LogP contribution in [0.2, 0.25) is 0 Å². The van der Waals surface area contributed by atoms with E-state index in [1.165, 1.54) is 6.07 Å². The lowest BCUT2D eigenvalue weighted by Gasteiger charge is -2.10. The number of methoxy groups -OCH3 is 1. The summed E-state index contributed by atoms with van der Waals surface area (Å²) in [5, 5.41) is 8.17. The van der Waals surface area contributed by atoms with Gasteiger partial charge < -0.3 is 4.74 Å². The number of aromatic nitrogens is 1. The highest BCUT2D eigenvalue weighted by atomic mass is 19.4. The summed E-state index contributed by atoms with van der Waals surface area (Å²) in [6.07, 6.45) is -3.46. The Kier molecular flexibility index (Phi) is 3.37. The van der Waals surface area contributed by atoms with E-state index in [0.717, 1.165) is 19.4 Å². The molecule has 0 radical (unpaired) electrons. The number of nitrogens with zero attached hydrogens (tertiary/aromatic N) is 2. The summed E-state index contributed by atoms with van der Waals surface area (Å²) >= 11 is 0. The topological polar surface area (TPSA) is 45.9 Å². The lowest BCUT2D eigenvalue weighted by molar-refractivity contribution is -0.139. The number of halogens is 3. The van der Waals surface area contributed by atoms with Gasteiger partial charge in [0.2, 0.25) is 5.88 Å². The van der Waals surface area contributed by atoms with E-state index in [1.54, 1.807) is 0 Å². The minimum absolute atomic E-state index is 0.00896. The van der Waals surface area contributed by atoms with E-state index in [4.69, 9.17) is 5.26 Å². The molecule has 0 N–H and O–H groups in total. The highest BCUT2D eigenvalue weighted by Gasteiger charge is 2.35. The predicted molar refractivity (Wildman–Crippen MR) is 48.3 cm³/mol. The van der Waals surface area contributed by atoms with Crippen LogP contribution in [0, 0.1) is 23.2 Å². The summed E-state index contributed by atoms with van der Waals surface area (Å²) in [5.74, 6) is 3.70. The number of ether oxygens (including phenoxy) is 1. The van der Waals surface area contributed by atoms with E-state index in [2.05, 4.69) is 15.6 Å². The van der Waals surface area contributed by atoms with Crippen molar-refractivity contribution < 1.29 is 17.9 Å². The van der Waals surface area contributed by atoms with Crippen molar-refractivity contribution in [2.24, 2.45) is 0 Å². The molecule has 1 rings (SSSR count). The summed E-state index contributed by atoms with van der Waals surface area (Å²) in [5.41, 5.74) is -1.01. The molecule has 0 spiro atoms. The van der Waals surface area contributed by atoms with Gasteiger partial charge in [-0.1, -0.05) is 0 Å². The lowest BCUT2D eigenvalue weighted by Crippen LogP contribution is -2.09. The number of hydrogen-bond donors (Lipinski definition) is 0. The number of hydrogen-bond acceptors (Lipinski definition) is 3. The molecule has 1 heterocycles. The molecular weight excluding hydrogens is 221 g/mol. The van der Waals surface area contributed by atoms with E-state index < -0.39 is 17.6 Å². The third kappa shape index (κ3) is 2.64. The molecule has 16 heavy (non-hydrogen) atoms. The smallest absolute Gasteiger partial charge is 0.421 e. The van der Waals surface area contributed by atoms with Gasteiger partial charge in [0, 0.05) is 17.7 Å². The van der Waals surface area contributed by atoms with Crippen LogP contribution in [-0.2, 0) is 6.18 Å². The van der Waals surface area contributed by atoms with E-state index in [0.29, 0.717) is 0 Å². The Morgan fingerprint density at radius 3 is 2.62 bits per heavy atom. The van der Waals surface area contributed by atoms with Crippen molar-refractivity contribution >= 4 is 0 Å². The monoisotopic (exact) mass is 226 g/mol. The molecule has 0 aliphatic carbocycles. The molecular formula is C10H5F3N2O. The van der Waals surface area contributed by atoms with Crippen LogP contribution in [0.3, 0.4) is 0 Å². The second-order valence-corrected chi connectivity index (χ2v) is 2.64. The average Bonchev–Trinajstić information content (AvgIpc) is 2.24. The fourth-order valence-electron chi connectivity index (χ4n) is 0.986. The van der Waals surface area contributed by atoms with Gasteiger partial charge in [-0.2, -0.15) is 18.4 Å². The normalized spacial score (nSPS) is 9.94. The Hall–Kier alpha value is -2.21. The highest BCUT2D eigenvalue weighted by molar-refractivity contribution is 5.42. The minimum atomic E-state index is -4.57. The van der Waals surface area contributed by atoms with Gasteiger partial charge >= 0.3 is 6.18 Å². The number of nitriles is 1. The van der Waals surface area contributed by atoms with Gasteiger partial charge in [-0.15, -0.1) is 0 Å². The van der Waals surface area contributed by atoms with Crippen molar-refractivity contribution in [3.8, 4) is 23.8 Å². The summed E-state index contributed by atoms with van der Waals surface area (Å²) in [7, 11) is 1.10. The van der Waals surface area contributed by atoms with Crippen LogP contribution in [0.4, 0.5) is 13.2 Å². The van der Waals surface area contributed by atoms with Gasteiger partial charge in [-0.05, 0) is 12.0 Å². The molecule has 0 aromatic carbocycles. The molecule has 1 aromatic heterocycles.